The van der Waals surface area contributed by atoms with Gasteiger partial charge in [0, 0.05) is 30.7 Å². The highest BCUT2D eigenvalue weighted by atomic mass is 32.2. The minimum absolute atomic E-state index is 0.0346. The minimum Gasteiger partial charge on any atom is -0.376 e. The van der Waals surface area contributed by atoms with Crippen molar-refractivity contribution in [2.75, 3.05) is 24.7 Å². The van der Waals surface area contributed by atoms with Gasteiger partial charge in [-0.2, -0.15) is 21.6 Å². The molecule has 2 heterocycles. The number of piperidine rings is 1. The Balaban J connectivity index is 1.78. The number of fused-ring (bicyclic) bond motifs is 1. The molecule has 0 radical (unpaired) electrons. The van der Waals surface area contributed by atoms with E-state index >= 15 is 0 Å². The van der Waals surface area contributed by atoms with Crippen LogP contribution in [0.1, 0.15) is 12.8 Å². The number of nitrogens with one attached hydrogen (secondary N) is 1. The standard InChI is InChI=1S/C16H18F3N3O5S2/c1-28(23,24)22-8-5-12(6-9-22)21-15-14-3-2-13(10-11(14)4-7-20-15)27-29(25,26)16(17,18)19/h2-4,7,10,12H,5-6,8-9H2,1H3,(H,20,21). The molecule has 13 heteroatoms. The first-order valence-electron chi connectivity index (χ1n) is 8.48. The van der Waals surface area contributed by atoms with Gasteiger partial charge in [0.25, 0.3) is 0 Å². The highest BCUT2D eigenvalue weighted by molar-refractivity contribution is 7.88. The van der Waals surface area contributed by atoms with Gasteiger partial charge in [-0.3, -0.25) is 0 Å². The molecule has 0 atom stereocenters. The molecular weight excluding hydrogens is 435 g/mol. The number of pyridine rings is 1. The van der Waals surface area contributed by atoms with Gasteiger partial charge in [-0.15, -0.1) is 0 Å². The minimum atomic E-state index is -5.75. The molecule has 3 rings (SSSR count). The van der Waals surface area contributed by atoms with Gasteiger partial charge < -0.3 is 9.50 Å². The molecule has 0 spiro atoms. The molecule has 1 saturated heterocycles. The number of anilines is 1. The summed E-state index contributed by atoms with van der Waals surface area (Å²) in [6, 6.07) is 5.19. The van der Waals surface area contributed by atoms with Crippen LogP contribution in [0.4, 0.5) is 19.0 Å². The fraction of sp³-hybridized carbons (Fsp3) is 0.438. The van der Waals surface area contributed by atoms with Gasteiger partial charge in [0.2, 0.25) is 10.0 Å². The third-order valence-electron chi connectivity index (χ3n) is 4.49. The van der Waals surface area contributed by atoms with Gasteiger partial charge in [-0.1, -0.05) is 0 Å². The molecule has 1 aromatic carbocycles. The average Bonchev–Trinajstić information content (AvgIpc) is 2.60. The van der Waals surface area contributed by atoms with Crippen LogP contribution >= 0.6 is 0 Å². The van der Waals surface area contributed by atoms with Crippen molar-refractivity contribution in [3.05, 3.63) is 30.5 Å². The second-order valence-electron chi connectivity index (χ2n) is 6.61. The van der Waals surface area contributed by atoms with Crippen LogP contribution in [-0.2, 0) is 20.1 Å². The first-order valence-corrected chi connectivity index (χ1v) is 11.7. The monoisotopic (exact) mass is 453 g/mol. The van der Waals surface area contributed by atoms with E-state index in [0.717, 1.165) is 12.3 Å². The van der Waals surface area contributed by atoms with Gasteiger partial charge in [0.15, 0.2) is 0 Å². The Morgan fingerprint density at radius 2 is 1.79 bits per heavy atom. The van der Waals surface area contributed by atoms with Crippen LogP contribution in [0.25, 0.3) is 10.8 Å². The first-order chi connectivity index (χ1) is 13.4. The second kappa shape index (κ2) is 7.61. The Kier molecular flexibility index (Phi) is 5.66. The van der Waals surface area contributed by atoms with E-state index in [1.165, 1.54) is 28.7 Å². The summed E-state index contributed by atoms with van der Waals surface area (Å²) >= 11 is 0. The molecule has 2 aromatic rings. The Hall–Kier alpha value is -2.12. The van der Waals surface area contributed by atoms with E-state index in [4.69, 9.17) is 0 Å². The molecule has 1 fully saturated rings. The molecule has 1 N–H and O–H groups in total. The second-order valence-corrected chi connectivity index (χ2v) is 10.1. The molecule has 1 aliphatic heterocycles. The van der Waals surface area contributed by atoms with Crippen molar-refractivity contribution in [2.45, 2.75) is 24.4 Å². The molecule has 1 aromatic heterocycles. The Morgan fingerprint density at radius 3 is 2.38 bits per heavy atom. The zero-order valence-corrected chi connectivity index (χ0v) is 16.8. The van der Waals surface area contributed by atoms with Crippen molar-refractivity contribution in [1.82, 2.24) is 9.29 Å². The number of hydrogen-bond donors (Lipinski definition) is 1. The zero-order chi connectivity index (χ0) is 21.4. The van der Waals surface area contributed by atoms with Crippen LogP contribution in [0.2, 0.25) is 0 Å². The maximum Gasteiger partial charge on any atom is 0.534 e. The lowest BCUT2D eigenvalue weighted by atomic mass is 10.1. The number of alkyl halides is 3. The van der Waals surface area contributed by atoms with Crippen LogP contribution in [-0.4, -0.2) is 57.0 Å². The average molecular weight is 453 g/mol. The lowest BCUT2D eigenvalue weighted by molar-refractivity contribution is -0.0500. The summed E-state index contributed by atoms with van der Waals surface area (Å²) in [5, 5.41) is 4.22. The fourth-order valence-electron chi connectivity index (χ4n) is 3.02. The van der Waals surface area contributed by atoms with E-state index in [1.54, 1.807) is 0 Å². The quantitative estimate of drug-likeness (QED) is 0.547. The number of nitrogens with zero attached hydrogens (tertiary/aromatic N) is 2. The summed E-state index contributed by atoms with van der Waals surface area (Å²) in [6.45, 7) is 0.739. The Bertz CT molecular complexity index is 1110. The summed E-state index contributed by atoms with van der Waals surface area (Å²) in [7, 11) is -8.99. The van der Waals surface area contributed by atoms with Crippen LogP contribution in [0, 0.1) is 0 Å². The van der Waals surface area contributed by atoms with Gasteiger partial charge >= 0.3 is 15.6 Å². The number of sulfonamides is 1. The summed E-state index contributed by atoms with van der Waals surface area (Å²) in [6.07, 6.45) is 3.72. The zero-order valence-electron chi connectivity index (χ0n) is 15.2. The van der Waals surface area contributed by atoms with E-state index in [9.17, 15) is 30.0 Å². The largest absolute Gasteiger partial charge is 0.534 e. The van der Waals surface area contributed by atoms with Crippen LogP contribution < -0.4 is 9.50 Å². The lowest BCUT2D eigenvalue weighted by Gasteiger charge is -2.31. The summed E-state index contributed by atoms with van der Waals surface area (Å²) in [5.74, 6) is -0.000954. The number of rotatable bonds is 5. The smallest absolute Gasteiger partial charge is 0.376 e. The molecule has 29 heavy (non-hydrogen) atoms. The Labute approximate surface area is 165 Å². The molecule has 0 amide bonds. The molecular formula is C16H18F3N3O5S2. The predicted octanol–water partition coefficient (Wildman–Crippen LogP) is 2.30. The number of benzene rings is 1. The maximum atomic E-state index is 12.5. The van der Waals surface area contributed by atoms with Crippen molar-refractivity contribution in [3.8, 4) is 5.75 Å². The Morgan fingerprint density at radius 1 is 1.14 bits per heavy atom. The van der Waals surface area contributed by atoms with E-state index in [2.05, 4.69) is 14.5 Å². The van der Waals surface area contributed by atoms with Gasteiger partial charge in [0.05, 0.1) is 6.26 Å². The highest BCUT2D eigenvalue weighted by Gasteiger charge is 2.48. The van der Waals surface area contributed by atoms with Crippen LogP contribution in [0.5, 0.6) is 5.75 Å². The van der Waals surface area contributed by atoms with Crippen molar-refractivity contribution < 1.29 is 34.2 Å². The summed E-state index contributed by atoms with van der Waals surface area (Å²) in [4.78, 5) is 4.23. The van der Waals surface area contributed by atoms with E-state index in [1.807, 2.05) is 0 Å². The van der Waals surface area contributed by atoms with Crippen molar-refractivity contribution in [3.63, 3.8) is 0 Å². The van der Waals surface area contributed by atoms with Crippen molar-refractivity contribution >= 4 is 36.7 Å². The maximum absolute atomic E-state index is 12.5. The third kappa shape index (κ3) is 4.90. The van der Waals surface area contributed by atoms with Gasteiger partial charge in [-0.05, 0) is 42.5 Å². The normalized spacial score (nSPS) is 17.4. The van der Waals surface area contributed by atoms with E-state index in [-0.39, 0.29) is 6.04 Å². The number of hydrogen-bond acceptors (Lipinski definition) is 7. The van der Waals surface area contributed by atoms with E-state index in [0.29, 0.717) is 42.5 Å². The number of aromatic nitrogens is 1. The highest BCUT2D eigenvalue weighted by Crippen LogP contribution is 2.31. The molecule has 0 aliphatic carbocycles. The molecule has 8 nitrogen and oxygen atoms in total. The van der Waals surface area contributed by atoms with Crippen LogP contribution in [0.3, 0.4) is 0 Å². The lowest BCUT2D eigenvalue weighted by Crippen LogP contribution is -2.41. The summed E-state index contributed by atoms with van der Waals surface area (Å²) in [5.41, 5.74) is -5.52. The van der Waals surface area contributed by atoms with Crippen molar-refractivity contribution in [1.29, 1.82) is 0 Å². The summed E-state index contributed by atoms with van der Waals surface area (Å²) < 4.78 is 88.5. The van der Waals surface area contributed by atoms with Crippen molar-refractivity contribution in [2.24, 2.45) is 0 Å². The predicted molar refractivity (Wildman–Crippen MR) is 100 cm³/mol. The molecule has 0 unspecified atom stereocenters. The van der Waals surface area contributed by atoms with Gasteiger partial charge in [-0.25, -0.2) is 17.7 Å². The first kappa shape index (κ1) is 21.6. The molecule has 0 bridgehead atoms. The molecule has 0 saturated carbocycles. The SMILES string of the molecule is CS(=O)(=O)N1CCC(Nc2nccc3cc(OS(=O)(=O)C(F)(F)F)ccc23)CC1. The van der Waals surface area contributed by atoms with E-state index < -0.39 is 31.4 Å². The number of halogens is 3. The molecule has 160 valence electrons. The third-order valence-corrected chi connectivity index (χ3v) is 6.77. The van der Waals surface area contributed by atoms with Gasteiger partial charge in [0.1, 0.15) is 11.6 Å². The molecule has 1 aliphatic rings. The topological polar surface area (TPSA) is 106 Å². The van der Waals surface area contributed by atoms with Crippen LogP contribution in [0.15, 0.2) is 30.5 Å². The fourth-order valence-corrected chi connectivity index (χ4v) is 4.35.